The fourth-order valence-electron chi connectivity index (χ4n) is 2.03. The second-order valence-corrected chi connectivity index (χ2v) is 4.35. The van der Waals surface area contributed by atoms with Crippen molar-refractivity contribution < 1.29 is 18.6 Å². The van der Waals surface area contributed by atoms with Crippen molar-refractivity contribution in [3.05, 3.63) is 24.3 Å². The fraction of sp³-hybridized carbons (Fsp3) is 0.500. The van der Waals surface area contributed by atoms with Crippen LogP contribution in [-0.4, -0.2) is 23.2 Å². The van der Waals surface area contributed by atoms with E-state index in [-0.39, 0.29) is 12.2 Å². The molecule has 0 unspecified atom stereocenters. The summed E-state index contributed by atoms with van der Waals surface area (Å²) in [5.41, 5.74) is 5.68. The van der Waals surface area contributed by atoms with Gasteiger partial charge in [-0.25, -0.2) is 8.78 Å². The maximum absolute atomic E-state index is 13.6. The molecule has 3 nitrogen and oxygen atoms in total. The average molecular weight is 243 g/mol. The Morgan fingerprint density at radius 1 is 1.29 bits per heavy atom. The van der Waals surface area contributed by atoms with Gasteiger partial charge in [0.25, 0.3) is 5.92 Å². The molecule has 0 amide bonds. The summed E-state index contributed by atoms with van der Waals surface area (Å²) in [6, 6.07) is 5.02. The molecule has 3 N–H and O–H groups in total. The zero-order valence-corrected chi connectivity index (χ0v) is 9.27. The number of hydrogen-bond donors (Lipinski definition) is 2. The number of halogens is 2. The summed E-state index contributed by atoms with van der Waals surface area (Å²) in [7, 11) is 0. The Hall–Kier alpha value is -1.36. The number of rotatable bonds is 2. The predicted octanol–water partition coefficient (Wildman–Crippen LogP) is 2.29. The molecule has 0 saturated heterocycles. The van der Waals surface area contributed by atoms with Gasteiger partial charge in [0.2, 0.25) is 0 Å². The molecule has 1 fully saturated rings. The molecule has 94 valence electrons. The lowest BCUT2D eigenvalue weighted by molar-refractivity contribution is -0.126. The van der Waals surface area contributed by atoms with Gasteiger partial charge in [-0.3, -0.25) is 0 Å². The summed E-state index contributed by atoms with van der Waals surface area (Å²) < 4.78 is 32.5. The van der Waals surface area contributed by atoms with E-state index in [1.54, 1.807) is 0 Å². The van der Waals surface area contributed by atoms with Crippen LogP contribution in [0.5, 0.6) is 11.5 Å². The van der Waals surface area contributed by atoms with Gasteiger partial charge in [-0.05, 0) is 37.1 Å². The third kappa shape index (κ3) is 2.66. The summed E-state index contributed by atoms with van der Waals surface area (Å²) >= 11 is 0. The zero-order valence-electron chi connectivity index (χ0n) is 9.27. The van der Waals surface area contributed by atoms with Gasteiger partial charge in [0.15, 0.2) is 6.10 Å². The number of phenolic OH excluding ortho intramolecular Hbond substituents is 1. The molecule has 1 saturated carbocycles. The number of benzene rings is 1. The zero-order chi connectivity index (χ0) is 12.5. The van der Waals surface area contributed by atoms with Crippen LogP contribution in [0.3, 0.4) is 0 Å². The molecule has 2 rings (SSSR count). The lowest BCUT2D eigenvalue weighted by Gasteiger charge is -2.35. The van der Waals surface area contributed by atoms with Gasteiger partial charge in [0.1, 0.15) is 11.5 Å². The van der Waals surface area contributed by atoms with Gasteiger partial charge >= 0.3 is 0 Å². The second-order valence-electron chi connectivity index (χ2n) is 4.35. The summed E-state index contributed by atoms with van der Waals surface area (Å²) in [4.78, 5) is 0. The summed E-state index contributed by atoms with van der Waals surface area (Å²) in [6.45, 7) is 0. The third-order valence-electron chi connectivity index (χ3n) is 2.95. The average Bonchev–Trinajstić information content (AvgIpc) is 2.26. The maximum atomic E-state index is 13.6. The smallest absolute Gasteiger partial charge is 0.285 e. The molecule has 17 heavy (non-hydrogen) atoms. The van der Waals surface area contributed by atoms with E-state index in [9.17, 15) is 8.78 Å². The van der Waals surface area contributed by atoms with Crippen LogP contribution in [0.1, 0.15) is 19.3 Å². The van der Waals surface area contributed by atoms with Crippen LogP contribution in [-0.2, 0) is 0 Å². The van der Waals surface area contributed by atoms with Gasteiger partial charge < -0.3 is 15.6 Å². The third-order valence-corrected chi connectivity index (χ3v) is 2.95. The van der Waals surface area contributed by atoms with Crippen LogP contribution in [0, 0.1) is 0 Å². The van der Waals surface area contributed by atoms with Crippen molar-refractivity contribution >= 4 is 0 Å². The molecule has 1 aliphatic rings. The SMILES string of the molecule is N[C@H]1CCCC(F)(F)[C@H]1Oc1ccc(O)cc1. The number of alkyl halides is 2. The summed E-state index contributed by atoms with van der Waals surface area (Å²) in [6.07, 6.45) is -0.522. The maximum Gasteiger partial charge on any atom is 0.285 e. The minimum atomic E-state index is -2.89. The topological polar surface area (TPSA) is 55.5 Å². The molecule has 0 bridgehead atoms. The first-order valence-electron chi connectivity index (χ1n) is 5.58. The van der Waals surface area contributed by atoms with E-state index < -0.39 is 18.1 Å². The van der Waals surface area contributed by atoms with E-state index in [1.165, 1.54) is 24.3 Å². The van der Waals surface area contributed by atoms with Crippen LogP contribution in [0.15, 0.2) is 24.3 Å². The van der Waals surface area contributed by atoms with Crippen molar-refractivity contribution in [2.75, 3.05) is 0 Å². The highest BCUT2D eigenvalue weighted by Gasteiger charge is 2.47. The van der Waals surface area contributed by atoms with Crippen LogP contribution in [0.4, 0.5) is 8.78 Å². The molecule has 0 radical (unpaired) electrons. The predicted molar refractivity (Wildman–Crippen MR) is 59.3 cm³/mol. The Morgan fingerprint density at radius 2 is 1.94 bits per heavy atom. The molecule has 0 heterocycles. The standard InChI is InChI=1S/C12H15F2NO2/c13-12(14)7-1-2-10(15)11(12)17-9-5-3-8(16)4-6-9/h3-6,10-11,16H,1-2,7,15H2/t10-,11-/m0/s1. The monoisotopic (exact) mass is 243 g/mol. The van der Waals surface area contributed by atoms with Crippen LogP contribution >= 0.6 is 0 Å². The van der Waals surface area contributed by atoms with Crippen molar-refractivity contribution in [1.82, 2.24) is 0 Å². The molecule has 5 heteroatoms. The second kappa shape index (κ2) is 4.49. The molecular formula is C12H15F2NO2. The first-order valence-corrected chi connectivity index (χ1v) is 5.58. The molecule has 0 aliphatic heterocycles. The van der Waals surface area contributed by atoms with Gasteiger partial charge in [-0.1, -0.05) is 0 Å². The highest BCUT2D eigenvalue weighted by atomic mass is 19.3. The Balaban J connectivity index is 2.12. The van der Waals surface area contributed by atoms with Crippen LogP contribution < -0.4 is 10.5 Å². The van der Waals surface area contributed by atoms with E-state index >= 15 is 0 Å². The van der Waals surface area contributed by atoms with Gasteiger partial charge in [0, 0.05) is 12.5 Å². The Labute approximate surface area is 98.2 Å². The molecule has 1 aliphatic carbocycles. The fourth-order valence-corrected chi connectivity index (χ4v) is 2.03. The van der Waals surface area contributed by atoms with Gasteiger partial charge in [0.05, 0.1) is 0 Å². The van der Waals surface area contributed by atoms with Crippen molar-refractivity contribution in [3.63, 3.8) is 0 Å². The summed E-state index contributed by atoms with van der Waals surface area (Å²) in [5.74, 6) is -2.53. The molecule has 0 aromatic heterocycles. The lowest BCUT2D eigenvalue weighted by Crippen LogP contribution is -2.53. The normalized spacial score (nSPS) is 27.7. The lowest BCUT2D eigenvalue weighted by atomic mass is 9.89. The number of hydrogen-bond acceptors (Lipinski definition) is 3. The first kappa shape index (κ1) is 12.1. The van der Waals surface area contributed by atoms with Crippen molar-refractivity contribution in [2.24, 2.45) is 5.73 Å². The Bertz CT molecular complexity index is 381. The highest BCUT2D eigenvalue weighted by Crippen LogP contribution is 2.35. The van der Waals surface area contributed by atoms with Gasteiger partial charge in [-0.15, -0.1) is 0 Å². The molecule has 0 spiro atoms. The number of ether oxygens (including phenoxy) is 1. The minimum absolute atomic E-state index is 0.0667. The minimum Gasteiger partial charge on any atom is -0.508 e. The Kier molecular flexibility index (Phi) is 3.19. The van der Waals surface area contributed by atoms with E-state index in [4.69, 9.17) is 15.6 Å². The number of nitrogens with two attached hydrogens (primary N) is 1. The molecule has 1 aromatic rings. The van der Waals surface area contributed by atoms with Crippen molar-refractivity contribution in [2.45, 2.75) is 37.3 Å². The molecule has 1 aromatic carbocycles. The quantitative estimate of drug-likeness (QED) is 0.837. The van der Waals surface area contributed by atoms with E-state index in [2.05, 4.69) is 0 Å². The Morgan fingerprint density at radius 3 is 2.53 bits per heavy atom. The molecular weight excluding hydrogens is 228 g/mol. The van der Waals surface area contributed by atoms with E-state index in [0.717, 1.165) is 0 Å². The van der Waals surface area contributed by atoms with Gasteiger partial charge in [-0.2, -0.15) is 0 Å². The van der Waals surface area contributed by atoms with Crippen LogP contribution in [0.25, 0.3) is 0 Å². The van der Waals surface area contributed by atoms with Crippen molar-refractivity contribution in [3.8, 4) is 11.5 Å². The number of phenols is 1. The van der Waals surface area contributed by atoms with E-state index in [0.29, 0.717) is 18.6 Å². The highest BCUT2D eigenvalue weighted by molar-refractivity contribution is 5.30. The van der Waals surface area contributed by atoms with Crippen LogP contribution in [0.2, 0.25) is 0 Å². The summed E-state index contributed by atoms with van der Waals surface area (Å²) in [5, 5.41) is 9.09. The molecule has 2 atom stereocenters. The van der Waals surface area contributed by atoms with Crippen molar-refractivity contribution in [1.29, 1.82) is 0 Å². The van der Waals surface area contributed by atoms with E-state index in [1.807, 2.05) is 0 Å². The largest absolute Gasteiger partial charge is 0.508 e. The first-order chi connectivity index (χ1) is 7.99. The number of aromatic hydroxyl groups is 1.